The van der Waals surface area contributed by atoms with E-state index in [-0.39, 0.29) is 16.9 Å². The Bertz CT molecular complexity index is 736. The zero-order chi connectivity index (χ0) is 15.6. The summed E-state index contributed by atoms with van der Waals surface area (Å²) in [5.74, 6) is -1.22. The van der Waals surface area contributed by atoms with Crippen LogP contribution < -0.4 is 5.32 Å². The summed E-state index contributed by atoms with van der Waals surface area (Å²) in [6.07, 6.45) is 0. The molecule has 0 amide bonds. The molecule has 0 saturated heterocycles. The summed E-state index contributed by atoms with van der Waals surface area (Å²) in [5, 5.41) is 23.4. The number of carboxylic acids is 1. The number of nitro groups is 1. The Morgan fingerprint density at radius 3 is 2.48 bits per heavy atom. The van der Waals surface area contributed by atoms with Crippen LogP contribution in [0.3, 0.4) is 0 Å². The van der Waals surface area contributed by atoms with E-state index in [4.69, 9.17) is 16.7 Å². The average Bonchev–Trinajstić information content (AvgIpc) is 2.41. The van der Waals surface area contributed by atoms with Gasteiger partial charge in [-0.15, -0.1) is 0 Å². The van der Waals surface area contributed by atoms with Crippen LogP contribution >= 0.6 is 34.2 Å². The Morgan fingerprint density at radius 2 is 1.90 bits per heavy atom. The molecule has 0 unspecified atom stereocenters. The third-order valence-corrected chi connectivity index (χ3v) is 3.77. The largest absolute Gasteiger partial charge is 0.478 e. The molecule has 21 heavy (non-hydrogen) atoms. The van der Waals surface area contributed by atoms with Gasteiger partial charge >= 0.3 is 5.97 Å². The number of rotatable bonds is 4. The third-order valence-electron chi connectivity index (χ3n) is 2.64. The number of benzene rings is 2. The Balaban J connectivity index is 2.44. The molecule has 0 heterocycles. The monoisotopic (exact) mass is 418 g/mol. The number of carbonyl (C=O) groups is 1. The number of aromatic carboxylic acids is 1. The molecule has 0 saturated carbocycles. The molecule has 8 heteroatoms. The average molecular weight is 419 g/mol. The lowest BCUT2D eigenvalue weighted by molar-refractivity contribution is -0.383. The van der Waals surface area contributed by atoms with Gasteiger partial charge in [0.2, 0.25) is 0 Å². The third kappa shape index (κ3) is 3.61. The number of carboxylic acid groups (broad SMARTS) is 1. The molecule has 2 aromatic rings. The van der Waals surface area contributed by atoms with E-state index < -0.39 is 10.9 Å². The highest BCUT2D eigenvalue weighted by Crippen LogP contribution is 2.31. The Morgan fingerprint density at radius 1 is 1.24 bits per heavy atom. The topological polar surface area (TPSA) is 92.5 Å². The molecule has 0 fully saturated rings. The molecule has 0 spiro atoms. The van der Waals surface area contributed by atoms with Crippen LogP contribution in [0.5, 0.6) is 0 Å². The van der Waals surface area contributed by atoms with Crippen LogP contribution in [-0.4, -0.2) is 16.0 Å². The van der Waals surface area contributed by atoms with Crippen molar-refractivity contribution in [2.75, 3.05) is 5.32 Å². The van der Waals surface area contributed by atoms with Crippen molar-refractivity contribution in [1.82, 2.24) is 0 Å². The van der Waals surface area contributed by atoms with E-state index in [1.165, 1.54) is 12.1 Å². The minimum Gasteiger partial charge on any atom is -0.478 e. The molecule has 108 valence electrons. The van der Waals surface area contributed by atoms with Gasteiger partial charge in [-0.3, -0.25) is 10.1 Å². The standard InChI is InChI=1S/C13H8ClIN2O4/c14-8-2-4-10(9(15)6-8)16-11-3-1-7(13(18)19)5-12(11)17(20)21/h1-6,16H,(H,18,19). The number of nitrogens with one attached hydrogen (secondary N) is 1. The molecule has 0 aliphatic rings. The van der Waals surface area contributed by atoms with Gasteiger partial charge in [-0.05, 0) is 52.9 Å². The van der Waals surface area contributed by atoms with Crippen LogP contribution in [0.15, 0.2) is 36.4 Å². The maximum absolute atomic E-state index is 11.1. The van der Waals surface area contributed by atoms with Crippen LogP contribution in [0.2, 0.25) is 5.02 Å². The first-order valence-corrected chi connectivity index (χ1v) is 7.08. The fraction of sp³-hybridized carbons (Fsp3) is 0. The molecule has 0 aromatic heterocycles. The van der Waals surface area contributed by atoms with Crippen molar-refractivity contribution in [3.05, 3.63) is 60.7 Å². The van der Waals surface area contributed by atoms with Crippen molar-refractivity contribution in [2.45, 2.75) is 0 Å². The maximum Gasteiger partial charge on any atom is 0.335 e. The van der Waals surface area contributed by atoms with Gasteiger partial charge in [0.25, 0.3) is 5.69 Å². The first-order chi connectivity index (χ1) is 9.88. The van der Waals surface area contributed by atoms with Gasteiger partial charge in [-0.2, -0.15) is 0 Å². The van der Waals surface area contributed by atoms with E-state index in [1.54, 1.807) is 18.2 Å². The number of nitrogens with zero attached hydrogens (tertiary/aromatic N) is 1. The lowest BCUT2D eigenvalue weighted by Crippen LogP contribution is -2.02. The van der Waals surface area contributed by atoms with E-state index in [1.807, 2.05) is 22.6 Å². The molecule has 0 bridgehead atoms. The fourth-order valence-corrected chi connectivity index (χ4v) is 2.66. The highest BCUT2D eigenvalue weighted by molar-refractivity contribution is 14.1. The highest BCUT2D eigenvalue weighted by Gasteiger charge is 2.18. The van der Waals surface area contributed by atoms with E-state index >= 15 is 0 Å². The number of anilines is 2. The molecule has 2 rings (SSSR count). The zero-order valence-electron chi connectivity index (χ0n) is 10.3. The van der Waals surface area contributed by atoms with Gasteiger partial charge in [0.1, 0.15) is 5.69 Å². The first kappa shape index (κ1) is 15.5. The van der Waals surface area contributed by atoms with Crippen molar-refractivity contribution in [2.24, 2.45) is 0 Å². The van der Waals surface area contributed by atoms with Gasteiger partial charge in [0.15, 0.2) is 0 Å². The molecule has 2 aromatic carbocycles. The van der Waals surface area contributed by atoms with E-state index in [0.29, 0.717) is 10.7 Å². The summed E-state index contributed by atoms with van der Waals surface area (Å²) in [5.41, 5.74) is 0.412. The smallest absolute Gasteiger partial charge is 0.335 e. The van der Waals surface area contributed by atoms with Crippen molar-refractivity contribution in [1.29, 1.82) is 0 Å². The van der Waals surface area contributed by atoms with Crippen molar-refractivity contribution < 1.29 is 14.8 Å². The normalized spacial score (nSPS) is 10.2. The summed E-state index contributed by atoms with van der Waals surface area (Å²) >= 11 is 7.90. The highest BCUT2D eigenvalue weighted by atomic mass is 127. The summed E-state index contributed by atoms with van der Waals surface area (Å²) in [6, 6.07) is 8.75. The van der Waals surface area contributed by atoms with Crippen molar-refractivity contribution in [3.63, 3.8) is 0 Å². The SMILES string of the molecule is O=C(O)c1ccc(Nc2ccc(Cl)cc2I)c([N+](=O)[O-])c1. The van der Waals surface area contributed by atoms with Gasteiger partial charge in [0.05, 0.1) is 16.2 Å². The molecule has 0 aliphatic heterocycles. The number of hydrogen-bond donors (Lipinski definition) is 2. The Kier molecular flexibility index (Phi) is 4.63. The Labute approximate surface area is 138 Å². The van der Waals surface area contributed by atoms with Crippen LogP contribution in [-0.2, 0) is 0 Å². The molecule has 0 radical (unpaired) electrons. The van der Waals surface area contributed by atoms with Gasteiger partial charge in [-0.25, -0.2) is 4.79 Å². The predicted molar refractivity (Wildman–Crippen MR) is 87.5 cm³/mol. The molecule has 6 nitrogen and oxygen atoms in total. The lowest BCUT2D eigenvalue weighted by atomic mass is 10.1. The lowest BCUT2D eigenvalue weighted by Gasteiger charge is -2.10. The molecular formula is C13H8ClIN2O4. The molecule has 0 atom stereocenters. The second-order valence-electron chi connectivity index (χ2n) is 4.04. The minimum atomic E-state index is -1.22. The second-order valence-corrected chi connectivity index (χ2v) is 5.64. The number of hydrogen-bond acceptors (Lipinski definition) is 4. The van der Waals surface area contributed by atoms with Crippen LogP contribution in [0.25, 0.3) is 0 Å². The summed E-state index contributed by atoms with van der Waals surface area (Å²) in [4.78, 5) is 21.3. The fourth-order valence-electron chi connectivity index (χ4n) is 1.66. The Hall–Kier alpha value is -1.87. The van der Waals surface area contributed by atoms with E-state index in [9.17, 15) is 14.9 Å². The van der Waals surface area contributed by atoms with Gasteiger partial charge in [-0.1, -0.05) is 11.6 Å². The molecular weight excluding hydrogens is 411 g/mol. The predicted octanol–water partition coefficient (Wildman–Crippen LogP) is 4.29. The van der Waals surface area contributed by atoms with Gasteiger partial charge in [0, 0.05) is 14.7 Å². The van der Waals surface area contributed by atoms with Crippen LogP contribution in [0, 0.1) is 13.7 Å². The van der Waals surface area contributed by atoms with Crippen LogP contribution in [0.4, 0.5) is 17.1 Å². The van der Waals surface area contributed by atoms with E-state index in [2.05, 4.69) is 5.32 Å². The summed E-state index contributed by atoms with van der Waals surface area (Å²) < 4.78 is 0.789. The quantitative estimate of drug-likeness (QED) is 0.439. The summed E-state index contributed by atoms with van der Waals surface area (Å²) in [7, 11) is 0. The number of halogens is 2. The minimum absolute atomic E-state index is 0.141. The zero-order valence-corrected chi connectivity index (χ0v) is 13.3. The maximum atomic E-state index is 11.1. The number of nitro benzene ring substituents is 1. The molecule has 0 aliphatic carbocycles. The van der Waals surface area contributed by atoms with Crippen molar-refractivity contribution >= 4 is 57.2 Å². The van der Waals surface area contributed by atoms with Crippen molar-refractivity contribution in [3.8, 4) is 0 Å². The second kappa shape index (κ2) is 6.27. The van der Waals surface area contributed by atoms with E-state index in [0.717, 1.165) is 9.64 Å². The van der Waals surface area contributed by atoms with Gasteiger partial charge < -0.3 is 10.4 Å². The molecule has 2 N–H and O–H groups in total. The van der Waals surface area contributed by atoms with Crippen LogP contribution in [0.1, 0.15) is 10.4 Å². The first-order valence-electron chi connectivity index (χ1n) is 5.62. The summed E-state index contributed by atoms with van der Waals surface area (Å²) in [6.45, 7) is 0.